The lowest BCUT2D eigenvalue weighted by Gasteiger charge is -2.19. The maximum absolute atomic E-state index is 11.4. The molecule has 24 heavy (non-hydrogen) atoms. The van der Waals surface area contributed by atoms with Gasteiger partial charge in [0.25, 0.3) is 0 Å². The molecule has 0 aromatic rings. The molecule has 0 aliphatic heterocycles. The van der Waals surface area contributed by atoms with Crippen LogP contribution >= 0.6 is 0 Å². The Labute approximate surface area is 151 Å². The van der Waals surface area contributed by atoms with Gasteiger partial charge in [-0.15, -0.1) is 0 Å². The topological polar surface area (TPSA) is 69.1 Å². The number of rotatable bonds is 18. The molecule has 144 valence electrons. The van der Waals surface area contributed by atoms with Crippen LogP contribution < -0.4 is 11.5 Å². The van der Waals surface area contributed by atoms with E-state index in [0.717, 1.165) is 19.3 Å². The first-order valence-corrected chi connectivity index (χ1v) is 10.7. The average Bonchev–Trinajstić information content (AvgIpc) is 2.57. The van der Waals surface area contributed by atoms with E-state index in [1.54, 1.807) is 0 Å². The molecular formula is C21H44N2O. The number of amides is 1. The molecule has 0 aliphatic carbocycles. The summed E-state index contributed by atoms with van der Waals surface area (Å²) in [6, 6.07) is -0.0653. The zero-order valence-corrected chi connectivity index (χ0v) is 16.5. The molecule has 0 saturated heterocycles. The number of carbonyl (C=O) groups excluding carboxylic acids is 1. The fraction of sp³-hybridized carbons (Fsp3) is 0.952. The summed E-state index contributed by atoms with van der Waals surface area (Å²) in [4.78, 5) is 11.4. The van der Waals surface area contributed by atoms with Gasteiger partial charge in [-0.25, -0.2) is 0 Å². The van der Waals surface area contributed by atoms with Crippen LogP contribution in [-0.2, 0) is 4.79 Å². The van der Waals surface area contributed by atoms with Crippen LogP contribution in [-0.4, -0.2) is 11.9 Å². The van der Waals surface area contributed by atoms with E-state index in [-0.39, 0.29) is 17.9 Å². The third-order valence-electron chi connectivity index (χ3n) is 5.22. The van der Waals surface area contributed by atoms with E-state index in [2.05, 4.69) is 6.92 Å². The highest BCUT2D eigenvalue weighted by atomic mass is 16.1. The number of primary amides is 1. The minimum Gasteiger partial charge on any atom is -0.369 e. The van der Waals surface area contributed by atoms with Crippen LogP contribution in [0.25, 0.3) is 0 Å². The van der Waals surface area contributed by atoms with E-state index in [4.69, 9.17) is 11.5 Å². The molecule has 0 spiro atoms. The lowest BCUT2D eigenvalue weighted by molar-refractivity contribution is -0.122. The highest BCUT2D eigenvalue weighted by Crippen LogP contribution is 2.17. The molecule has 2 atom stereocenters. The Balaban J connectivity index is 3.31. The van der Waals surface area contributed by atoms with Gasteiger partial charge in [0.15, 0.2) is 0 Å². The molecule has 0 heterocycles. The molecule has 0 aromatic heterocycles. The Morgan fingerprint density at radius 3 is 1.42 bits per heavy atom. The summed E-state index contributed by atoms with van der Waals surface area (Å²) in [5.41, 5.74) is 11.4. The Kier molecular flexibility index (Phi) is 16.8. The second-order valence-corrected chi connectivity index (χ2v) is 7.47. The number of unbranched alkanes of at least 4 members (excludes halogenated alkanes) is 13. The molecular weight excluding hydrogens is 296 g/mol. The summed E-state index contributed by atoms with van der Waals surface area (Å²) in [6.07, 6.45) is 20.6. The molecule has 0 radical (unpaired) electrons. The molecule has 0 rings (SSSR count). The molecule has 0 fully saturated rings. The molecule has 0 bridgehead atoms. The van der Waals surface area contributed by atoms with Crippen LogP contribution in [0.15, 0.2) is 0 Å². The fourth-order valence-electron chi connectivity index (χ4n) is 3.41. The number of hydrogen-bond donors (Lipinski definition) is 2. The van der Waals surface area contributed by atoms with Crippen molar-refractivity contribution in [2.45, 2.75) is 123 Å². The van der Waals surface area contributed by atoms with Gasteiger partial charge >= 0.3 is 0 Å². The molecule has 1 amide bonds. The quantitative estimate of drug-likeness (QED) is 0.314. The van der Waals surface area contributed by atoms with Crippen molar-refractivity contribution in [2.24, 2.45) is 17.4 Å². The Hall–Kier alpha value is -0.570. The molecule has 0 saturated carbocycles. The summed E-state index contributed by atoms with van der Waals surface area (Å²) >= 11 is 0. The van der Waals surface area contributed by atoms with E-state index in [9.17, 15) is 4.79 Å². The van der Waals surface area contributed by atoms with Crippen LogP contribution in [0.5, 0.6) is 0 Å². The molecule has 3 nitrogen and oxygen atoms in total. The van der Waals surface area contributed by atoms with Gasteiger partial charge in [-0.05, 0) is 12.8 Å². The van der Waals surface area contributed by atoms with Gasteiger partial charge in [0.1, 0.15) is 0 Å². The van der Waals surface area contributed by atoms with Crippen molar-refractivity contribution in [3.05, 3.63) is 0 Å². The predicted octanol–water partition coefficient (Wildman–Crippen LogP) is 5.70. The zero-order chi connectivity index (χ0) is 18.0. The second kappa shape index (κ2) is 17.3. The van der Waals surface area contributed by atoms with Crippen molar-refractivity contribution in [1.29, 1.82) is 0 Å². The first kappa shape index (κ1) is 23.4. The minimum atomic E-state index is -0.223. The standard InChI is InChI=1S/C21H44N2O/c1-3-5-6-7-8-9-10-11-12-13-14-15-16-17-18-19(21(23)24)20(22)4-2/h19-20H,3-18,22H2,1-2H3,(H2,23,24). The first-order chi connectivity index (χ1) is 11.6. The summed E-state index contributed by atoms with van der Waals surface area (Å²) in [6.45, 7) is 4.29. The van der Waals surface area contributed by atoms with E-state index < -0.39 is 0 Å². The molecule has 3 heteroatoms. The van der Waals surface area contributed by atoms with Crippen molar-refractivity contribution in [2.75, 3.05) is 0 Å². The normalized spacial score (nSPS) is 13.8. The summed E-state index contributed by atoms with van der Waals surface area (Å²) in [5, 5.41) is 0. The van der Waals surface area contributed by atoms with Crippen LogP contribution in [0.1, 0.15) is 117 Å². The fourth-order valence-corrected chi connectivity index (χ4v) is 3.41. The van der Waals surface area contributed by atoms with E-state index >= 15 is 0 Å². The van der Waals surface area contributed by atoms with Gasteiger partial charge in [0, 0.05) is 6.04 Å². The SMILES string of the molecule is CCCCCCCCCCCCCCCCC(C(N)=O)C(N)CC. The average molecular weight is 341 g/mol. The lowest BCUT2D eigenvalue weighted by Crippen LogP contribution is -2.38. The summed E-state index contributed by atoms with van der Waals surface area (Å²) in [5.74, 6) is -0.355. The summed E-state index contributed by atoms with van der Waals surface area (Å²) in [7, 11) is 0. The van der Waals surface area contributed by atoms with Crippen LogP contribution in [0, 0.1) is 5.92 Å². The maximum atomic E-state index is 11.4. The van der Waals surface area contributed by atoms with E-state index in [0.29, 0.717) is 0 Å². The maximum Gasteiger partial charge on any atom is 0.222 e. The van der Waals surface area contributed by atoms with Crippen molar-refractivity contribution in [1.82, 2.24) is 0 Å². The van der Waals surface area contributed by atoms with Crippen LogP contribution in [0.3, 0.4) is 0 Å². The number of hydrogen-bond acceptors (Lipinski definition) is 2. The number of nitrogens with two attached hydrogens (primary N) is 2. The molecule has 4 N–H and O–H groups in total. The smallest absolute Gasteiger partial charge is 0.222 e. The largest absolute Gasteiger partial charge is 0.369 e. The van der Waals surface area contributed by atoms with Crippen molar-refractivity contribution in [3.63, 3.8) is 0 Å². The van der Waals surface area contributed by atoms with Crippen molar-refractivity contribution in [3.8, 4) is 0 Å². The molecule has 0 aliphatic rings. The monoisotopic (exact) mass is 340 g/mol. The van der Waals surface area contributed by atoms with E-state index in [1.165, 1.54) is 83.5 Å². The Morgan fingerprint density at radius 2 is 1.08 bits per heavy atom. The van der Waals surface area contributed by atoms with Gasteiger partial charge in [0.05, 0.1) is 5.92 Å². The Morgan fingerprint density at radius 1 is 0.708 bits per heavy atom. The highest BCUT2D eigenvalue weighted by Gasteiger charge is 2.21. The van der Waals surface area contributed by atoms with E-state index in [1.807, 2.05) is 6.92 Å². The van der Waals surface area contributed by atoms with Gasteiger partial charge in [-0.2, -0.15) is 0 Å². The van der Waals surface area contributed by atoms with Gasteiger partial charge in [0.2, 0.25) is 5.91 Å². The second-order valence-electron chi connectivity index (χ2n) is 7.47. The third kappa shape index (κ3) is 13.8. The zero-order valence-electron chi connectivity index (χ0n) is 16.5. The lowest BCUT2D eigenvalue weighted by atomic mass is 9.91. The van der Waals surface area contributed by atoms with Gasteiger partial charge in [-0.1, -0.05) is 104 Å². The third-order valence-corrected chi connectivity index (χ3v) is 5.22. The predicted molar refractivity (Wildman–Crippen MR) is 106 cm³/mol. The van der Waals surface area contributed by atoms with Crippen molar-refractivity contribution >= 4 is 5.91 Å². The molecule has 0 aromatic carbocycles. The number of carbonyl (C=O) groups is 1. The Bertz CT molecular complexity index is 281. The van der Waals surface area contributed by atoms with Gasteiger partial charge in [-0.3, -0.25) is 4.79 Å². The van der Waals surface area contributed by atoms with Crippen LogP contribution in [0.2, 0.25) is 0 Å². The highest BCUT2D eigenvalue weighted by molar-refractivity contribution is 5.77. The summed E-state index contributed by atoms with van der Waals surface area (Å²) < 4.78 is 0. The molecule has 2 unspecified atom stereocenters. The van der Waals surface area contributed by atoms with Crippen LogP contribution in [0.4, 0.5) is 0 Å². The first-order valence-electron chi connectivity index (χ1n) is 10.7. The van der Waals surface area contributed by atoms with Crippen molar-refractivity contribution < 1.29 is 4.79 Å². The van der Waals surface area contributed by atoms with Gasteiger partial charge < -0.3 is 11.5 Å². The minimum absolute atomic E-state index is 0.0653.